The van der Waals surface area contributed by atoms with E-state index in [0.717, 1.165) is 17.5 Å². The second-order valence-corrected chi connectivity index (χ2v) is 11.8. The third kappa shape index (κ3) is 7.83. The number of amides is 3. The summed E-state index contributed by atoms with van der Waals surface area (Å²) in [5.74, 6) is -0.507. The molecule has 3 N–H and O–H groups in total. The number of nitrogens with one attached hydrogen (secondary N) is 3. The lowest BCUT2D eigenvalue weighted by molar-refractivity contribution is -0.140. The summed E-state index contributed by atoms with van der Waals surface area (Å²) >= 11 is 0. The predicted octanol–water partition coefficient (Wildman–Crippen LogP) is 3.12. The van der Waals surface area contributed by atoms with Crippen LogP contribution < -0.4 is 16.0 Å². The number of rotatable bonds is 6. The van der Waals surface area contributed by atoms with Gasteiger partial charge in [0.15, 0.2) is 0 Å². The number of carbonyl (C=O) groups excluding carboxylic acids is 3. The summed E-state index contributed by atoms with van der Waals surface area (Å²) in [6, 6.07) is 15.1. The van der Waals surface area contributed by atoms with Crippen molar-refractivity contribution in [3.63, 3.8) is 0 Å². The number of hydrogen-bond donors (Lipinski definition) is 3. The Morgan fingerprint density at radius 2 is 1.76 bits per heavy atom. The van der Waals surface area contributed by atoms with E-state index in [1.165, 1.54) is 12.1 Å². The number of benzene rings is 2. The van der Waals surface area contributed by atoms with Gasteiger partial charge in [0, 0.05) is 45.3 Å². The molecule has 3 heterocycles. The molecule has 42 heavy (non-hydrogen) atoms. The number of halogens is 1. The van der Waals surface area contributed by atoms with Crippen LogP contribution >= 0.6 is 0 Å². The third-order valence-electron chi connectivity index (χ3n) is 8.87. The van der Waals surface area contributed by atoms with E-state index in [1.54, 1.807) is 12.1 Å². The van der Waals surface area contributed by atoms with Gasteiger partial charge in [-0.3, -0.25) is 19.3 Å². The van der Waals surface area contributed by atoms with Gasteiger partial charge < -0.3 is 20.7 Å². The van der Waals surface area contributed by atoms with Crippen LogP contribution in [0.4, 0.5) is 4.39 Å². The first-order chi connectivity index (χ1) is 20.4. The third-order valence-corrected chi connectivity index (χ3v) is 8.87. The van der Waals surface area contributed by atoms with Gasteiger partial charge in [0.2, 0.25) is 17.7 Å². The summed E-state index contributed by atoms with van der Waals surface area (Å²) in [6.07, 6.45) is 7.97. The topological polar surface area (TPSA) is 99.8 Å². The normalized spacial score (nSPS) is 25.7. The first-order valence-electron chi connectivity index (χ1n) is 15.0. The van der Waals surface area contributed by atoms with Crippen molar-refractivity contribution in [3.8, 4) is 0 Å². The molecule has 0 bridgehead atoms. The summed E-state index contributed by atoms with van der Waals surface area (Å²) in [5, 5.41) is 9.33. The van der Waals surface area contributed by atoms with E-state index in [2.05, 4.69) is 33.0 Å². The minimum absolute atomic E-state index is 0.0627. The van der Waals surface area contributed by atoms with Crippen molar-refractivity contribution >= 4 is 17.7 Å². The SMILES string of the molecule is O=C(CN1CC[C@@H]2NC(=O)[C@H](Cc3ccccc3)NC(=O)C3(C/C=C/C[C@H]2C1)CCOCC3)NCc1ccc(F)cc1. The molecule has 3 aliphatic rings. The molecule has 0 unspecified atom stereocenters. The van der Waals surface area contributed by atoms with Crippen molar-refractivity contribution in [2.24, 2.45) is 11.3 Å². The molecule has 1 spiro atoms. The molecule has 0 aliphatic carbocycles. The Morgan fingerprint density at radius 3 is 2.52 bits per heavy atom. The Balaban J connectivity index is 1.27. The highest BCUT2D eigenvalue weighted by molar-refractivity contribution is 5.90. The highest BCUT2D eigenvalue weighted by Crippen LogP contribution is 2.36. The lowest BCUT2D eigenvalue weighted by atomic mass is 9.75. The zero-order valence-corrected chi connectivity index (χ0v) is 24.0. The zero-order chi connectivity index (χ0) is 29.4. The minimum atomic E-state index is -0.682. The smallest absolute Gasteiger partial charge is 0.243 e. The molecule has 0 radical (unpaired) electrons. The lowest BCUT2D eigenvalue weighted by Crippen LogP contribution is -2.58. The first-order valence-corrected chi connectivity index (χ1v) is 15.0. The standard InChI is InChI=1S/C33H41FN4O4/c34-27-11-9-25(10-12-27)21-35-30(39)23-38-17-13-28-26(22-38)8-4-5-14-33(15-18-42-19-16-33)32(41)37-29(31(40)36-28)20-24-6-2-1-3-7-24/h1-7,9-12,26,28-29H,8,13-23H2,(H,35,39)(H,36,40)(H,37,41)/b5-4+/t26-,28-,29-/m0/s1. The molecular formula is C33H41FN4O4. The quantitative estimate of drug-likeness (QED) is 0.459. The maximum atomic E-state index is 13.7. The van der Waals surface area contributed by atoms with Crippen molar-refractivity contribution in [3.05, 3.63) is 83.7 Å². The Bertz CT molecular complexity index is 1250. The van der Waals surface area contributed by atoms with Gasteiger partial charge in [-0.2, -0.15) is 0 Å². The van der Waals surface area contributed by atoms with E-state index in [1.807, 2.05) is 30.3 Å². The molecule has 5 rings (SSSR count). The Hall–Kier alpha value is -3.56. The fraction of sp³-hybridized carbons (Fsp3) is 0.485. The van der Waals surface area contributed by atoms with Crippen LogP contribution in [-0.4, -0.2) is 67.6 Å². The second kappa shape index (κ2) is 14.1. The van der Waals surface area contributed by atoms with E-state index in [0.29, 0.717) is 65.0 Å². The molecule has 2 aromatic carbocycles. The predicted molar refractivity (Wildman–Crippen MR) is 158 cm³/mol. The summed E-state index contributed by atoms with van der Waals surface area (Å²) in [4.78, 5) is 42.3. The van der Waals surface area contributed by atoms with Gasteiger partial charge in [0.1, 0.15) is 11.9 Å². The molecule has 0 aromatic heterocycles. The van der Waals surface area contributed by atoms with Gasteiger partial charge in [-0.05, 0) is 61.3 Å². The van der Waals surface area contributed by atoms with Crippen molar-refractivity contribution in [2.75, 3.05) is 32.8 Å². The van der Waals surface area contributed by atoms with Crippen LogP contribution in [0, 0.1) is 17.2 Å². The number of likely N-dealkylation sites (tertiary alicyclic amines) is 1. The molecule has 2 fully saturated rings. The van der Waals surface area contributed by atoms with Gasteiger partial charge in [0.05, 0.1) is 12.0 Å². The van der Waals surface area contributed by atoms with Crippen LogP contribution in [0.15, 0.2) is 66.7 Å². The molecule has 224 valence electrons. The maximum Gasteiger partial charge on any atom is 0.243 e. The highest BCUT2D eigenvalue weighted by atomic mass is 19.1. The van der Waals surface area contributed by atoms with Crippen LogP contribution in [-0.2, 0) is 32.1 Å². The number of carbonyl (C=O) groups is 3. The summed E-state index contributed by atoms with van der Waals surface area (Å²) in [5.41, 5.74) is 1.24. The minimum Gasteiger partial charge on any atom is -0.381 e. The monoisotopic (exact) mass is 576 g/mol. The fourth-order valence-corrected chi connectivity index (χ4v) is 6.26. The van der Waals surface area contributed by atoms with Crippen molar-refractivity contribution in [2.45, 2.75) is 57.2 Å². The number of nitrogens with zero attached hydrogens (tertiary/aromatic N) is 1. The zero-order valence-electron chi connectivity index (χ0n) is 24.0. The maximum absolute atomic E-state index is 13.7. The van der Waals surface area contributed by atoms with E-state index >= 15 is 0 Å². The van der Waals surface area contributed by atoms with Crippen molar-refractivity contribution < 1.29 is 23.5 Å². The summed E-state index contributed by atoms with van der Waals surface area (Å²) in [6.45, 7) is 3.01. The molecule has 2 aromatic rings. The number of hydrogen-bond acceptors (Lipinski definition) is 5. The van der Waals surface area contributed by atoms with E-state index in [9.17, 15) is 18.8 Å². The number of ether oxygens (including phenoxy) is 1. The Morgan fingerprint density at radius 1 is 1.00 bits per heavy atom. The molecule has 0 saturated carbocycles. The first kappa shape index (κ1) is 29.9. The van der Waals surface area contributed by atoms with Crippen LogP contribution in [0.25, 0.3) is 0 Å². The van der Waals surface area contributed by atoms with E-state index in [-0.39, 0.29) is 42.0 Å². The molecule has 3 atom stereocenters. The van der Waals surface area contributed by atoms with E-state index < -0.39 is 11.5 Å². The summed E-state index contributed by atoms with van der Waals surface area (Å²) < 4.78 is 18.8. The molecule has 3 amide bonds. The van der Waals surface area contributed by atoms with Crippen LogP contribution in [0.1, 0.15) is 43.2 Å². The van der Waals surface area contributed by atoms with Crippen LogP contribution in [0.2, 0.25) is 0 Å². The molecule has 8 nitrogen and oxygen atoms in total. The highest BCUT2D eigenvalue weighted by Gasteiger charge is 2.41. The molecular weight excluding hydrogens is 535 g/mol. The Kier molecular flexibility index (Phi) is 10.0. The Labute approximate surface area is 247 Å². The second-order valence-electron chi connectivity index (χ2n) is 11.8. The van der Waals surface area contributed by atoms with Crippen LogP contribution in [0.5, 0.6) is 0 Å². The average molecular weight is 577 g/mol. The van der Waals surface area contributed by atoms with E-state index in [4.69, 9.17) is 4.74 Å². The number of fused-ring (bicyclic) bond motifs is 1. The lowest BCUT2D eigenvalue weighted by Gasteiger charge is -2.40. The summed E-state index contributed by atoms with van der Waals surface area (Å²) in [7, 11) is 0. The molecule has 9 heteroatoms. The van der Waals surface area contributed by atoms with Gasteiger partial charge in [0.25, 0.3) is 0 Å². The molecule has 3 aliphatic heterocycles. The average Bonchev–Trinajstić information content (AvgIpc) is 3.00. The number of allylic oxidation sites excluding steroid dienone is 2. The van der Waals surface area contributed by atoms with Gasteiger partial charge >= 0.3 is 0 Å². The van der Waals surface area contributed by atoms with Gasteiger partial charge in [-0.15, -0.1) is 0 Å². The van der Waals surface area contributed by atoms with Crippen LogP contribution in [0.3, 0.4) is 0 Å². The van der Waals surface area contributed by atoms with Crippen molar-refractivity contribution in [1.29, 1.82) is 0 Å². The van der Waals surface area contributed by atoms with Crippen molar-refractivity contribution in [1.82, 2.24) is 20.9 Å². The fourth-order valence-electron chi connectivity index (χ4n) is 6.26. The molecule has 2 saturated heterocycles. The largest absolute Gasteiger partial charge is 0.381 e. The van der Waals surface area contributed by atoms with Gasteiger partial charge in [-0.1, -0.05) is 54.6 Å². The number of piperidine rings is 1. The van der Waals surface area contributed by atoms with Gasteiger partial charge in [-0.25, -0.2) is 4.39 Å².